The van der Waals surface area contributed by atoms with Gasteiger partial charge in [-0.15, -0.1) is 0 Å². The Morgan fingerprint density at radius 3 is 0.905 bits per heavy atom. The van der Waals surface area contributed by atoms with Crippen molar-refractivity contribution in [2.45, 2.75) is 342 Å². The molecule has 0 aliphatic carbocycles. The predicted octanol–water partition coefficient (Wildman–Crippen LogP) is 18.0. The Kier molecular flexibility index (Phi) is 56.2. The van der Waals surface area contributed by atoms with Crippen LogP contribution in [0.1, 0.15) is 324 Å². The second-order valence-electron chi connectivity index (χ2n) is 24.2. The summed E-state index contributed by atoms with van der Waals surface area (Å²) in [6.07, 6.45) is 40.5. The van der Waals surface area contributed by atoms with Crippen molar-refractivity contribution in [2.75, 3.05) is 39.6 Å². The van der Waals surface area contributed by atoms with E-state index in [0.29, 0.717) is 25.7 Å². The summed E-state index contributed by atoms with van der Waals surface area (Å²) in [5.41, 5.74) is 0. The average molecular weight is 1240 g/mol. The largest absolute Gasteiger partial charge is 0.472 e. The Balaban J connectivity index is 5.18. The highest BCUT2D eigenvalue weighted by atomic mass is 31.2. The van der Waals surface area contributed by atoms with Crippen LogP contribution in [0, 0.1) is 11.8 Å². The van der Waals surface area contributed by atoms with Crippen LogP contribution in [0.25, 0.3) is 0 Å². The third-order valence-electron chi connectivity index (χ3n) is 15.3. The van der Waals surface area contributed by atoms with Gasteiger partial charge in [0, 0.05) is 25.7 Å². The lowest BCUT2D eigenvalue weighted by molar-refractivity contribution is -0.161. The van der Waals surface area contributed by atoms with Crippen molar-refractivity contribution >= 4 is 39.5 Å². The molecule has 6 atom stereocenters. The monoisotopic (exact) mass is 1240 g/mol. The summed E-state index contributed by atoms with van der Waals surface area (Å²) in [6, 6.07) is 0. The summed E-state index contributed by atoms with van der Waals surface area (Å²) in [4.78, 5) is 72.1. The zero-order valence-electron chi connectivity index (χ0n) is 54.2. The number of rotatable bonds is 64. The number of unbranched alkanes of at least 4 members (excludes halogenated alkanes) is 33. The summed E-state index contributed by atoms with van der Waals surface area (Å²) < 4.78 is 67.9. The average Bonchev–Trinajstić information content (AvgIpc) is 3.59. The van der Waals surface area contributed by atoms with E-state index in [9.17, 15) is 43.2 Å². The van der Waals surface area contributed by atoms with Gasteiger partial charge in [0.25, 0.3) is 0 Å². The van der Waals surface area contributed by atoms with Crippen molar-refractivity contribution in [3.05, 3.63) is 0 Å². The van der Waals surface area contributed by atoms with E-state index in [2.05, 4.69) is 41.5 Å². The molecule has 0 aromatic heterocycles. The van der Waals surface area contributed by atoms with Gasteiger partial charge in [-0.3, -0.25) is 37.3 Å². The highest BCUT2D eigenvalue weighted by molar-refractivity contribution is 7.47. The van der Waals surface area contributed by atoms with E-state index < -0.39 is 97.5 Å². The molecule has 0 saturated heterocycles. The third-order valence-corrected chi connectivity index (χ3v) is 17.2. The number of esters is 4. The Bertz CT molecular complexity index is 1650. The molecule has 17 nitrogen and oxygen atoms in total. The molecule has 0 aliphatic rings. The summed E-state index contributed by atoms with van der Waals surface area (Å²) >= 11 is 0. The van der Waals surface area contributed by atoms with Gasteiger partial charge in [0.15, 0.2) is 12.2 Å². The van der Waals surface area contributed by atoms with E-state index in [4.69, 9.17) is 37.0 Å². The first-order valence-electron chi connectivity index (χ1n) is 34.0. The maximum Gasteiger partial charge on any atom is 0.472 e. The van der Waals surface area contributed by atoms with E-state index in [0.717, 1.165) is 108 Å². The van der Waals surface area contributed by atoms with E-state index in [1.54, 1.807) is 0 Å². The van der Waals surface area contributed by atoms with Crippen LogP contribution in [-0.2, 0) is 65.4 Å². The van der Waals surface area contributed by atoms with Crippen molar-refractivity contribution in [3.8, 4) is 0 Å². The summed E-state index contributed by atoms with van der Waals surface area (Å²) in [5, 5.41) is 10.5. The fraction of sp³-hybridized carbons (Fsp3) is 0.938. The maximum atomic E-state index is 13.0. The molecule has 0 bridgehead atoms. The van der Waals surface area contributed by atoms with Crippen molar-refractivity contribution in [3.63, 3.8) is 0 Å². The standard InChI is InChI=1S/C65H126O17P2/c1-7-10-12-14-15-16-17-18-19-25-30-36-42-48-63(68)76-54-61(82-64(69)49-43-37-31-26-21-20-24-29-35-40-46-58(6)9-3)56-80-84(73,74)78-52-59(66)51-77-83(71,72)79-55-60(53-75-62(67)47-41-33-13-11-8-2)81-65(70)50-44-38-32-27-22-23-28-34-39-45-57(4)5/h57-61,66H,7-56H2,1-6H3,(H,71,72)(H,73,74)/t58?,59-,60+,61+/m0/s1. The van der Waals surface area contributed by atoms with Crippen LogP contribution in [-0.4, -0.2) is 96.7 Å². The Hall–Kier alpha value is -1.94. The van der Waals surface area contributed by atoms with Gasteiger partial charge in [-0.1, -0.05) is 273 Å². The summed E-state index contributed by atoms with van der Waals surface area (Å²) in [5.74, 6) is -0.602. The molecule has 19 heteroatoms. The number of carbonyl (C=O) groups excluding carboxylic acids is 4. The molecule has 0 amide bonds. The molecule has 0 aromatic rings. The maximum absolute atomic E-state index is 13.0. The number of hydrogen-bond acceptors (Lipinski definition) is 15. The van der Waals surface area contributed by atoms with E-state index in [1.165, 1.54) is 135 Å². The molecule has 0 saturated carbocycles. The van der Waals surface area contributed by atoms with Gasteiger partial charge in [-0.2, -0.15) is 0 Å². The van der Waals surface area contributed by atoms with Gasteiger partial charge in [0.05, 0.1) is 26.4 Å². The lowest BCUT2D eigenvalue weighted by atomic mass is 9.99. The highest BCUT2D eigenvalue weighted by Crippen LogP contribution is 2.45. The molecule has 0 heterocycles. The number of aliphatic hydroxyl groups is 1. The molecular formula is C65H126O17P2. The minimum absolute atomic E-state index is 0.104. The van der Waals surface area contributed by atoms with Gasteiger partial charge in [0.1, 0.15) is 19.3 Å². The van der Waals surface area contributed by atoms with Gasteiger partial charge in [-0.25, -0.2) is 9.13 Å². The second kappa shape index (κ2) is 57.5. The minimum Gasteiger partial charge on any atom is -0.462 e. The third kappa shape index (κ3) is 57.8. The number of phosphoric acid groups is 2. The molecule has 0 aliphatic heterocycles. The molecule has 0 spiro atoms. The molecule has 0 radical (unpaired) electrons. The molecule has 498 valence electrons. The quantitative estimate of drug-likeness (QED) is 0.0222. The minimum atomic E-state index is -4.94. The van der Waals surface area contributed by atoms with Gasteiger partial charge < -0.3 is 33.8 Å². The first kappa shape index (κ1) is 82.1. The fourth-order valence-electron chi connectivity index (χ4n) is 9.68. The Morgan fingerprint density at radius 2 is 0.607 bits per heavy atom. The molecule has 3 N–H and O–H groups in total. The second-order valence-corrected chi connectivity index (χ2v) is 27.1. The molecule has 0 fully saturated rings. The molecular weight excluding hydrogens is 1110 g/mol. The number of ether oxygens (including phenoxy) is 4. The fourth-order valence-corrected chi connectivity index (χ4v) is 11.3. The van der Waals surface area contributed by atoms with Crippen LogP contribution in [0.4, 0.5) is 0 Å². The predicted molar refractivity (Wildman–Crippen MR) is 335 cm³/mol. The summed E-state index contributed by atoms with van der Waals surface area (Å²) in [7, 11) is -9.88. The smallest absolute Gasteiger partial charge is 0.462 e. The van der Waals surface area contributed by atoms with Crippen molar-refractivity contribution in [1.29, 1.82) is 0 Å². The Morgan fingerprint density at radius 1 is 0.345 bits per heavy atom. The molecule has 0 aromatic carbocycles. The molecule has 84 heavy (non-hydrogen) atoms. The van der Waals surface area contributed by atoms with Crippen molar-refractivity contribution < 1.29 is 80.2 Å². The molecule has 0 rings (SSSR count). The number of carbonyl (C=O) groups is 4. The van der Waals surface area contributed by atoms with Crippen LogP contribution in [0.2, 0.25) is 0 Å². The first-order chi connectivity index (χ1) is 40.4. The van der Waals surface area contributed by atoms with Crippen LogP contribution in [0.15, 0.2) is 0 Å². The van der Waals surface area contributed by atoms with Gasteiger partial charge >= 0.3 is 39.5 Å². The lowest BCUT2D eigenvalue weighted by Crippen LogP contribution is -2.30. The zero-order valence-corrected chi connectivity index (χ0v) is 56.0. The normalized spacial score (nSPS) is 14.6. The number of phosphoric ester groups is 2. The van der Waals surface area contributed by atoms with Crippen molar-refractivity contribution in [1.82, 2.24) is 0 Å². The first-order valence-corrected chi connectivity index (χ1v) is 37.0. The van der Waals surface area contributed by atoms with E-state index >= 15 is 0 Å². The Labute approximate surface area is 511 Å². The van der Waals surface area contributed by atoms with E-state index in [-0.39, 0.29) is 25.7 Å². The van der Waals surface area contributed by atoms with Crippen molar-refractivity contribution in [2.24, 2.45) is 11.8 Å². The van der Waals surface area contributed by atoms with Gasteiger partial charge in [0.2, 0.25) is 0 Å². The number of aliphatic hydroxyl groups excluding tert-OH is 1. The van der Waals surface area contributed by atoms with Crippen LogP contribution in [0.5, 0.6) is 0 Å². The van der Waals surface area contributed by atoms with Gasteiger partial charge in [-0.05, 0) is 37.5 Å². The van der Waals surface area contributed by atoms with E-state index in [1.807, 2.05) is 0 Å². The lowest BCUT2D eigenvalue weighted by Gasteiger charge is -2.21. The van der Waals surface area contributed by atoms with Crippen LogP contribution >= 0.6 is 15.6 Å². The number of hydrogen-bond donors (Lipinski definition) is 3. The zero-order chi connectivity index (χ0) is 62.2. The summed E-state index contributed by atoms with van der Waals surface area (Å²) in [6.45, 7) is 9.42. The molecule has 3 unspecified atom stereocenters. The highest BCUT2D eigenvalue weighted by Gasteiger charge is 2.30. The SMILES string of the molecule is CCCCCCCCCCCCCCCC(=O)OC[C@H](COP(=O)(O)OC[C@@H](O)COP(=O)(O)OC[C@@H](COC(=O)CCCCCCC)OC(=O)CCCCCCCCCCCC(C)C)OC(=O)CCCCCCCCCCCCC(C)CC. The topological polar surface area (TPSA) is 237 Å². The van der Waals surface area contributed by atoms with Crippen LogP contribution < -0.4 is 0 Å². The van der Waals surface area contributed by atoms with Crippen LogP contribution in [0.3, 0.4) is 0 Å².